The van der Waals surface area contributed by atoms with Crippen molar-refractivity contribution in [2.24, 2.45) is 0 Å². The largest absolute Gasteiger partial charge is 0.416 e. The number of nitriles is 1. The van der Waals surface area contributed by atoms with Crippen LogP contribution in [0.15, 0.2) is 42.9 Å². The number of nitrogens with zero attached hydrogens (tertiary/aromatic N) is 6. The lowest BCUT2D eigenvalue weighted by atomic mass is 10.0. The molecule has 0 aliphatic heterocycles. The molecule has 0 saturated heterocycles. The van der Waals surface area contributed by atoms with Crippen molar-refractivity contribution >= 4 is 15.7 Å². The lowest BCUT2D eigenvalue weighted by Crippen LogP contribution is -2.38. The quantitative estimate of drug-likeness (QED) is 0.403. The van der Waals surface area contributed by atoms with Crippen molar-refractivity contribution in [1.29, 1.82) is 5.26 Å². The smallest absolute Gasteiger partial charge is 0.328 e. The van der Waals surface area contributed by atoms with Crippen LogP contribution >= 0.6 is 0 Å². The Labute approximate surface area is 212 Å². The van der Waals surface area contributed by atoms with Gasteiger partial charge in [-0.3, -0.25) is 4.79 Å². The summed E-state index contributed by atoms with van der Waals surface area (Å²) in [5.74, 6) is -1.82. The molecule has 0 spiro atoms. The summed E-state index contributed by atoms with van der Waals surface area (Å²) in [6.45, 7) is 0.771. The van der Waals surface area contributed by atoms with Gasteiger partial charge in [0.05, 0.1) is 28.5 Å². The number of rotatable bonds is 7. The zero-order valence-electron chi connectivity index (χ0n) is 19.6. The minimum atomic E-state index is -5.19. The standard InChI is InChI=1S/C22H18F6N6O3S/c1-13(19-31-12-32-34(19)18-4-3-14(10-29)11-30-18)33(5-6-38(2,36)37)20(35)15-7-16(21(23,24)25)9-17(8-15)22(26,27)28/h3-4,7-9,11-13H,5-6H2,1-2H3. The lowest BCUT2D eigenvalue weighted by molar-refractivity contribution is -0.143. The van der Waals surface area contributed by atoms with Crippen LogP contribution < -0.4 is 0 Å². The molecule has 3 rings (SSSR count). The molecule has 9 nitrogen and oxygen atoms in total. The summed E-state index contributed by atoms with van der Waals surface area (Å²) >= 11 is 0. The van der Waals surface area contributed by atoms with E-state index in [0.29, 0.717) is 0 Å². The molecule has 0 bridgehead atoms. The fourth-order valence-corrected chi connectivity index (χ4v) is 3.94. The Balaban J connectivity index is 2.11. The summed E-state index contributed by atoms with van der Waals surface area (Å²) < 4.78 is 105. The van der Waals surface area contributed by atoms with Crippen LogP contribution in [0.1, 0.15) is 45.8 Å². The van der Waals surface area contributed by atoms with Gasteiger partial charge >= 0.3 is 12.4 Å². The second-order valence-electron chi connectivity index (χ2n) is 8.15. The molecule has 0 N–H and O–H groups in total. The van der Waals surface area contributed by atoms with Crippen molar-refractivity contribution in [2.45, 2.75) is 25.3 Å². The molecule has 0 aliphatic carbocycles. The van der Waals surface area contributed by atoms with Crippen LogP contribution in [0.4, 0.5) is 26.3 Å². The monoisotopic (exact) mass is 560 g/mol. The maximum absolute atomic E-state index is 13.4. The summed E-state index contributed by atoms with van der Waals surface area (Å²) in [6, 6.07) is 3.91. The second kappa shape index (κ2) is 10.4. The third-order valence-electron chi connectivity index (χ3n) is 5.31. The van der Waals surface area contributed by atoms with Gasteiger partial charge in [0.2, 0.25) is 0 Å². The molecule has 1 aromatic carbocycles. The van der Waals surface area contributed by atoms with Crippen molar-refractivity contribution in [2.75, 3.05) is 18.6 Å². The fraction of sp³-hybridized carbons (Fsp3) is 0.318. The highest BCUT2D eigenvalue weighted by Crippen LogP contribution is 2.37. The summed E-state index contributed by atoms with van der Waals surface area (Å²) in [5, 5.41) is 12.9. The Kier molecular flexibility index (Phi) is 7.82. The summed E-state index contributed by atoms with van der Waals surface area (Å²) in [7, 11) is -3.71. The van der Waals surface area contributed by atoms with Crippen molar-refractivity contribution in [3.05, 3.63) is 70.9 Å². The van der Waals surface area contributed by atoms with Gasteiger partial charge in [-0.25, -0.2) is 18.4 Å². The van der Waals surface area contributed by atoms with E-state index in [1.807, 2.05) is 6.07 Å². The van der Waals surface area contributed by atoms with Gasteiger partial charge < -0.3 is 4.90 Å². The Morgan fingerprint density at radius 2 is 1.68 bits per heavy atom. The van der Waals surface area contributed by atoms with Crippen LogP contribution in [0.5, 0.6) is 0 Å². The summed E-state index contributed by atoms with van der Waals surface area (Å²) in [5.41, 5.74) is -4.12. The third kappa shape index (κ3) is 6.65. The first-order chi connectivity index (χ1) is 17.5. The predicted molar refractivity (Wildman–Crippen MR) is 119 cm³/mol. The van der Waals surface area contributed by atoms with E-state index < -0.39 is 63.1 Å². The van der Waals surface area contributed by atoms with Crippen LogP contribution in [0, 0.1) is 11.3 Å². The van der Waals surface area contributed by atoms with E-state index in [4.69, 9.17) is 5.26 Å². The number of hydrogen-bond acceptors (Lipinski definition) is 7. The highest BCUT2D eigenvalue weighted by atomic mass is 32.2. The summed E-state index contributed by atoms with van der Waals surface area (Å²) in [6.07, 6.45) is -7.24. The Morgan fingerprint density at radius 3 is 2.16 bits per heavy atom. The molecule has 0 radical (unpaired) electrons. The first-order valence-corrected chi connectivity index (χ1v) is 12.6. The third-order valence-corrected chi connectivity index (χ3v) is 6.23. The van der Waals surface area contributed by atoms with E-state index in [1.165, 1.54) is 25.3 Å². The number of aromatic nitrogens is 4. The number of amides is 1. The normalized spacial score (nSPS) is 13.1. The maximum Gasteiger partial charge on any atom is 0.416 e. The molecule has 2 heterocycles. The average molecular weight is 560 g/mol. The van der Waals surface area contributed by atoms with E-state index in [9.17, 15) is 39.6 Å². The van der Waals surface area contributed by atoms with Gasteiger partial charge in [0, 0.05) is 24.6 Å². The lowest BCUT2D eigenvalue weighted by Gasteiger charge is -2.29. The average Bonchev–Trinajstić information content (AvgIpc) is 3.32. The van der Waals surface area contributed by atoms with Gasteiger partial charge in [0.15, 0.2) is 11.6 Å². The molecule has 3 aromatic rings. The topological polar surface area (TPSA) is 122 Å². The zero-order valence-corrected chi connectivity index (χ0v) is 20.4. The Morgan fingerprint density at radius 1 is 1.08 bits per heavy atom. The predicted octanol–water partition coefficient (Wildman–Crippen LogP) is 3.82. The first kappa shape index (κ1) is 28.6. The van der Waals surface area contributed by atoms with Crippen LogP contribution in [0.3, 0.4) is 0 Å². The molecule has 1 unspecified atom stereocenters. The van der Waals surface area contributed by atoms with E-state index in [2.05, 4.69) is 15.1 Å². The Hall–Kier alpha value is -4.00. The highest BCUT2D eigenvalue weighted by molar-refractivity contribution is 7.90. The number of halogens is 6. The SMILES string of the molecule is CC(c1ncnn1-c1ccc(C#N)cn1)N(CCS(C)(=O)=O)C(=O)c1cc(C(F)(F)F)cc(C(F)(F)F)c1. The molecular formula is C22H18F6N6O3S. The molecule has 38 heavy (non-hydrogen) atoms. The van der Waals surface area contributed by atoms with Crippen molar-refractivity contribution < 1.29 is 39.6 Å². The number of carbonyl (C=O) groups is 1. The molecular weight excluding hydrogens is 542 g/mol. The van der Waals surface area contributed by atoms with E-state index in [0.717, 1.165) is 22.2 Å². The number of benzene rings is 1. The highest BCUT2D eigenvalue weighted by Gasteiger charge is 2.38. The molecule has 0 saturated carbocycles. The van der Waals surface area contributed by atoms with Crippen LogP contribution in [0.2, 0.25) is 0 Å². The minimum Gasteiger partial charge on any atom is -0.328 e. The first-order valence-electron chi connectivity index (χ1n) is 10.6. The number of sulfone groups is 1. The fourth-order valence-electron chi connectivity index (χ4n) is 3.41. The number of pyridine rings is 1. The molecule has 2 aromatic heterocycles. The molecule has 1 amide bonds. The van der Waals surface area contributed by atoms with E-state index in [1.54, 1.807) is 0 Å². The van der Waals surface area contributed by atoms with Gasteiger partial charge in [-0.2, -0.15) is 41.4 Å². The van der Waals surface area contributed by atoms with Crippen molar-refractivity contribution in [1.82, 2.24) is 24.6 Å². The van der Waals surface area contributed by atoms with Crippen LogP contribution in [-0.4, -0.2) is 57.5 Å². The number of carbonyl (C=O) groups excluding carboxylic acids is 1. The van der Waals surface area contributed by atoms with Crippen LogP contribution in [0.25, 0.3) is 5.82 Å². The second-order valence-corrected chi connectivity index (χ2v) is 10.4. The molecule has 16 heteroatoms. The van der Waals surface area contributed by atoms with E-state index >= 15 is 0 Å². The molecule has 1 atom stereocenters. The van der Waals surface area contributed by atoms with Crippen molar-refractivity contribution in [3.63, 3.8) is 0 Å². The summed E-state index contributed by atoms with van der Waals surface area (Å²) in [4.78, 5) is 22.3. The minimum absolute atomic E-state index is 0.0212. The van der Waals surface area contributed by atoms with Crippen LogP contribution in [-0.2, 0) is 22.2 Å². The van der Waals surface area contributed by atoms with Crippen molar-refractivity contribution in [3.8, 4) is 11.9 Å². The van der Waals surface area contributed by atoms with E-state index in [-0.39, 0.29) is 35.4 Å². The van der Waals surface area contributed by atoms with Gasteiger partial charge in [-0.05, 0) is 37.3 Å². The number of alkyl halides is 6. The Bertz CT molecular complexity index is 1440. The molecule has 0 aliphatic rings. The van der Waals surface area contributed by atoms with Gasteiger partial charge in [0.1, 0.15) is 22.2 Å². The number of hydrogen-bond donors (Lipinski definition) is 0. The zero-order chi connectivity index (χ0) is 28.5. The van der Waals surface area contributed by atoms with Gasteiger partial charge in [-0.1, -0.05) is 0 Å². The van der Waals surface area contributed by atoms with Gasteiger partial charge in [0.25, 0.3) is 5.91 Å². The maximum atomic E-state index is 13.4. The van der Waals surface area contributed by atoms with Gasteiger partial charge in [-0.15, -0.1) is 0 Å². The molecule has 202 valence electrons. The molecule has 0 fully saturated rings.